The summed E-state index contributed by atoms with van der Waals surface area (Å²) in [7, 11) is 0. The van der Waals surface area contributed by atoms with Crippen LogP contribution in [0.5, 0.6) is 0 Å². The van der Waals surface area contributed by atoms with Gasteiger partial charge in [-0.25, -0.2) is 4.79 Å². The Bertz CT molecular complexity index is 3840. The molecule has 4 saturated carbocycles. The van der Waals surface area contributed by atoms with Crippen molar-refractivity contribution in [3.8, 4) is 0 Å². The normalized spacial score (nSPS) is 21.8. The first-order valence-corrected chi connectivity index (χ1v) is 38.2. The van der Waals surface area contributed by atoms with E-state index in [-0.39, 0.29) is 127 Å². The highest BCUT2D eigenvalue weighted by Gasteiger charge is 2.54. The summed E-state index contributed by atoms with van der Waals surface area (Å²) >= 11 is 2.53. The molecule has 4 aliphatic carbocycles. The monoisotopic (exact) mass is 1520 g/mol. The molecule has 4 bridgehead atoms. The number of carbonyl (C=O) groups is 11. The number of likely N-dealkylation sites (tertiary alicyclic amines) is 2. The Hall–Kier alpha value is -9.84. The minimum absolute atomic E-state index is 0.0388. The first-order chi connectivity index (χ1) is 51.3. The standard InChI is InChI=1S/C72H101N19O14S2/c73-69(74)79-20-4-16-49(82-36-58(94)72-33-40-26-41(34-72)28-42(27-40)35-72)60(96)85-50(17-5-21-80-70(75)76)66(102)90-23-7-19-56(90)67(103)91-38-45(93)30-57(91)65(101)83-37-59(95)84-53(31-46-13-8-24-106-46)62(98)89-55(39-92)64(100)87-52(29-44-12-3-11-43-10-1-2-15-48(43)44)61(97)88-54(32-47-14-9-25-107-47)63(99)86-51(68(104)105)18-6-22-81-71(77)78/h1-3,8-15,24-25,40-42,45,49-57,82,92-93H,4-7,16-23,26-39H2,(H,83,101)(H,84,95)(H,85,96)(H,86,99)(H,87,100)(H,88,97)(H,89,98)(H,104,105)(H4,73,74,79)(H4,75,76,80)(H4,77,78,81)/t40?,41?,42?,45-,49-,50+,51+,52-,53+,54-,55+,56+,57+,72?/m1/s1. The Morgan fingerprint density at radius 3 is 1.59 bits per heavy atom. The molecule has 9 amide bonds. The molecular weight excluding hydrogens is 1420 g/mol. The molecule has 0 spiro atoms. The molecule has 580 valence electrons. The number of benzene rings is 2. The molecule has 2 aromatic heterocycles. The number of amides is 9. The van der Waals surface area contributed by atoms with Crippen molar-refractivity contribution < 1.29 is 68.1 Å². The van der Waals surface area contributed by atoms with Crippen molar-refractivity contribution in [2.45, 2.75) is 176 Å². The molecule has 33 nitrogen and oxygen atoms in total. The van der Waals surface area contributed by atoms with Crippen LogP contribution in [0.2, 0.25) is 0 Å². The summed E-state index contributed by atoms with van der Waals surface area (Å²) in [6, 6.07) is 7.33. The van der Waals surface area contributed by atoms with Crippen molar-refractivity contribution in [1.29, 1.82) is 0 Å². The number of nitrogens with one attached hydrogen (secondary N) is 8. The van der Waals surface area contributed by atoms with Crippen LogP contribution >= 0.6 is 22.7 Å². The molecule has 0 unspecified atom stereocenters. The molecule has 6 aliphatic rings. The van der Waals surface area contributed by atoms with Crippen LogP contribution in [0.1, 0.15) is 112 Å². The molecule has 10 atom stereocenters. The summed E-state index contributed by atoms with van der Waals surface area (Å²) in [4.78, 5) is 173. The quantitative estimate of drug-likeness (QED) is 0.0129. The van der Waals surface area contributed by atoms with Gasteiger partial charge in [0.15, 0.2) is 23.7 Å². The number of hydrogen-bond donors (Lipinski definition) is 17. The van der Waals surface area contributed by atoms with Crippen molar-refractivity contribution in [3.05, 3.63) is 92.8 Å². The highest BCUT2D eigenvalue weighted by molar-refractivity contribution is 7.10. The summed E-state index contributed by atoms with van der Waals surface area (Å²) in [5.41, 5.74) is 33.5. The number of aliphatic carboxylic acids is 1. The van der Waals surface area contributed by atoms with Gasteiger partial charge < -0.3 is 96.7 Å². The third-order valence-corrected chi connectivity index (χ3v) is 22.4. The van der Waals surface area contributed by atoms with E-state index in [4.69, 9.17) is 34.4 Å². The number of aliphatic hydroxyl groups is 2. The number of fused-ring (bicyclic) bond motifs is 1. The second-order valence-corrected chi connectivity index (χ2v) is 30.6. The number of Topliss-reactive ketones (excluding diaryl/α,β-unsaturated/α-hetero) is 1. The van der Waals surface area contributed by atoms with Gasteiger partial charge in [-0.05, 0) is 147 Å². The van der Waals surface area contributed by atoms with Crippen LogP contribution in [0.4, 0.5) is 0 Å². The number of carboxylic acids is 1. The SMILES string of the molecule is NC(N)=NCCC[C@H](NC(=O)[C@@H](Cc1cccs1)NC(=O)[C@@H](Cc1cccc2ccccc12)NC(=O)[C@H](CO)NC(=O)[C@H](Cc1cccs1)NC(=O)CNC(=O)[C@@H]1C[C@@H](O)CN1C(=O)[C@@H]1CCCN1C(=O)[C@H](CCCN=C(N)N)NC(=O)[C@@H](CCCN=C(N)N)NCC(=O)C12CC3CC(CC(C3)C1)C2)C(=O)O. The lowest BCUT2D eigenvalue weighted by atomic mass is 9.48. The number of aliphatic hydroxyl groups excluding tert-OH is 2. The number of nitrogens with two attached hydrogens (primary N) is 6. The van der Waals surface area contributed by atoms with Gasteiger partial charge in [0.1, 0.15) is 48.3 Å². The first-order valence-electron chi connectivity index (χ1n) is 36.4. The lowest BCUT2D eigenvalue weighted by Gasteiger charge is -2.56. The molecule has 4 aromatic rings. The zero-order valence-electron chi connectivity index (χ0n) is 59.7. The second kappa shape index (κ2) is 38.6. The van der Waals surface area contributed by atoms with Crippen molar-refractivity contribution in [1.82, 2.24) is 52.3 Å². The van der Waals surface area contributed by atoms with E-state index in [0.29, 0.717) is 45.9 Å². The number of hydrogen-bond acceptors (Lipinski definition) is 19. The van der Waals surface area contributed by atoms with E-state index >= 15 is 0 Å². The summed E-state index contributed by atoms with van der Waals surface area (Å²) in [5, 5.41) is 58.6. The topological polar surface area (TPSA) is 544 Å². The van der Waals surface area contributed by atoms with Gasteiger partial charge >= 0.3 is 5.97 Å². The zero-order valence-corrected chi connectivity index (χ0v) is 61.4. The Morgan fingerprint density at radius 1 is 0.542 bits per heavy atom. The van der Waals surface area contributed by atoms with E-state index in [1.54, 1.807) is 53.2 Å². The van der Waals surface area contributed by atoms with Crippen molar-refractivity contribution in [2.75, 3.05) is 52.4 Å². The zero-order chi connectivity index (χ0) is 76.9. The Kier molecular flexibility index (Phi) is 29.3. The fourth-order valence-electron chi connectivity index (χ4n) is 15.9. The molecule has 0 radical (unpaired) electrons. The summed E-state index contributed by atoms with van der Waals surface area (Å²) in [6.45, 7) is -1.65. The van der Waals surface area contributed by atoms with Gasteiger partial charge in [0, 0.05) is 73.6 Å². The van der Waals surface area contributed by atoms with Gasteiger partial charge in [-0.3, -0.25) is 68.2 Å². The van der Waals surface area contributed by atoms with E-state index in [2.05, 4.69) is 57.5 Å². The van der Waals surface area contributed by atoms with Crippen LogP contribution < -0.4 is 76.9 Å². The lowest BCUT2D eigenvalue weighted by Crippen LogP contribution is -2.60. The van der Waals surface area contributed by atoms with E-state index < -0.39 is 138 Å². The van der Waals surface area contributed by atoms with Crippen molar-refractivity contribution >= 4 is 116 Å². The van der Waals surface area contributed by atoms with E-state index in [1.165, 1.54) is 27.6 Å². The molecular formula is C72H101N19O14S2. The summed E-state index contributed by atoms with van der Waals surface area (Å²) in [6.07, 6.45) is 5.58. The average molecular weight is 1520 g/mol. The van der Waals surface area contributed by atoms with E-state index in [0.717, 1.165) is 54.2 Å². The summed E-state index contributed by atoms with van der Waals surface area (Å²) in [5.74, 6) is -7.53. The molecule has 2 aliphatic heterocycles. The van der Waals surface area contributed by atoms with Crippen LogP contribution in [0.15, 0.2) is 92.5 Å². The van der Waals surface area contributed by atoms with Crippen LogP contribution in [-0.2, 0) is 72.0 Å². The molecule has 23 N–H and O–H groups in total. The van der Waals surface area contributed by atoms with E-state index in [1.807, 2.05) is 24.3 Å². The number of β-amino-alcohol motifs (C(OH)–C–C–N with tert-alkyl or cyclic N) is 1. The number of thiophene rings is 2. The van der Waals surface area contributed by atoms with E-state index in [9.17, 15) is 68.1 Å². The Morgan fingerprint density at radius 2 is 1.04 bits per heavy atom. The van der Waals surface area contributed by atoms with Crippen molar-refractivity contribution in [2.24, 2.45) is 72.5 Å². The summed E-state index contributed by atoms with van der Waals surface area (Å²) < 4.78 is 0. The van der Waals surface area contributed by atoms with Crippen LogP contribution in [0.3, 0.4) is 0 Å². The minimum Gasteiger partial charge on any atom is -0.480 e. The van der Waals surface area contributed by atoms with Gasteiger partial charge in [-0.1, -0.05) is 54.6 Å². The molecule has 4 heterocycles. The third kappa shape index (κ3) is 22.9. The maximum Gasteiger partial charge on any atom is 0.326 e. The smallest absolute Gasteiger partial charge is 0.326 e. The van der Waals surface area contributed by atoms with Gasteiger partial charge in [0.25, 0.3) is 0 Å². The second-order valence-electron chi connectivity index (χ2n) is 28.6. The van der Waals surface area contributed by atoms with Gasteiger partial charge in [0.05, 0.1) is 31.8 Å². The fraction of sp³-hybridized carbons (Fsp3) is 0.556. The number of aliphatic imine (C=N–C) groups is 3. The Balaban J connectivity index is 0.849. The highest BCUT2D eigenvalue weighted by atomic mass is 32.1. The largest absolute Gasteiger partial charge is 0.480 e. The number of carboxylic acid groups (broad SMARTS) is 1. The number of ketones is 1. The molecule has 2 aromatic carbocycles. The molecule has 6 fully saturated rings. The third-order valence-electron chi connectivity index (χ3n) is 20.6. The molecule has 2 saturated heterocycles. The van der Waals surface area contributed by atoms with Crippen LogP contribution in [0.25, 0.3) is 10.8 Å². The van der Waals surface area contributed by atoms with Gasteiger partial charge in [-0.15, -0.1) is 22.7 Å². The van der Waals surface area contributed by atoms with Crippen LogP contribution in [0, 0.1) is 23.2 Å². The number of carbonyl (C=O) groups excluding carboxylic acids is 10. The predicted molar refractivity (Wildman–Crippen MR) is 401 cm³/mol. The predicted octanol–water partition coefficient (Wildman–Crippen LogP) is -2.05. The number of rotatable bonds is 40. The fourth-order valence-corrected chi connectivity index (χ4v) is 17.4. The first kappa shape index (κ1) is 81.2. The minimum atomic E-state index is -1.76. The average Bonchev–Trinajstić information content (AvgIpc) is 1.45. The Labute approximate surface area is 627 Å². The van der Waals surface area contributed by atoms with Gasteiger partial charge in [-0.2, -0.15) is 0 Å². The number of nitrogens with zero attached hydrogens (tertiary/aromatic N) is 5. The highest BCUT2D eigenvalue weighted by Crippen LogP contribution is 2.60. The lowest BCUT2D eigenvalue weighted by molar-refractivity contribution is -0.148. The molecule has 107 heavy (non-hydrogen) atoms. The number of guanidine groups is 3. The van der Waals surface area contributed by atoms with Gasteiger partial charge in [0.2, 0.25) is 53.2 Å². The van der Waals surface area contributed by atoms with Crippen molar-refractivity contribution in [3.63, 3.8) is 0 Å². The molecule has 10 rings (SSSR count). The van der Waals surface area contributed by atoms with Crippen LogP contribution in [-0.4, -0.2) is 221 Å². The maximum atomic E-state index is 14.9. The molecule has 35 heteroatoms. The maximum absolute atomic E-state index is 14.9.